The molecule has 5 nitrogen and oxygen atoms in total. The van der Waals surface area contributed by atoms with E-state index in [1.54, 1.807) is 11.3 Å². The molecule has 1 fully saturated rings. The molecule has 0 saturated heterocycles. The number of fused-ring (bicyclic) bond motifs is 1. The molecule has 6 heteroatoms. The smallest absolute Gasteiger partial charge is 0.241 e. The van der Waals surface area contributed by atoms with Crippen LogP contribution in [0, 0.1) is 6.92 Å². The van der Waals surface area contributed by atoms with Gasteiger partial charge >= 0.3 is 0 Å². The van der Waals surface area contributed by atoms with Gasteiger partial charge in [0.15, 0.2) is 0 Å². The van der Waals surface area contributed by atoms with Crippen LogP contribution in [0.15, 0.2) is 6.07 Å². The van der Waals surface area contributed by atoms with Gasteiger partial charge in [0.05, 0.1) is 5.39 Å². The summed E-state index contributed by atoms with van der Waals surface area (Å²) in [5, 5.41) is 0.996. The summed E-state index contributed by atoms with van der Waals surface area (Å²) in [7, 11) is 0. The van der Waals surface area contributed by atoms with Crippen molar-refractivity contribution in [2.45, 2.75) is 51.6 Å². The molecule has 108 valence electrons. The number of nitrogens with zero attached hydrogens (tertiary/aromatic N) is 2. The van der Waals surface area contributed by atoms with Crippen molar-refractivity contribution in [1.82, 2.24) is 9.97 Å². The number of hydrogen-bond donors (Lipinski definition) is 2. The molecule has 3 N–H and O–H groups in total. The van der Waals surface area contributed by atoms with Gasteiger partial charge in [0.25, 0.3) is 0 Å². The molecule has 20 heavy (non-hydrogen) atoms. The number of nitrogen functional groups attached to an aromatic ring is 1. The van der Waals surface area contributed by atoms with E-state index >= 15 is 0 Å². The zero-order valence-electron chi connectivity index (χ0n) is 11.7. The molecule has 0 radical (unpaired) electrons. The van der Waals surface area contributed by atoms with Gasteiger partial charge in [0.2, 0.25) is 11.8 Å². The number of aromatic nitrogens is 2. The van der Waals surface area contributed by atoms with Crippen molar-refractivity contribution < 1.29 is 4.74 Å². The maximum atomic E-state index is 6.16. The minimum Gasteiger partial charge on any atom is -0.474 e. The Bertz CT molecular complexity index is 590. The highest BCUT2D eigenvalue weighted by Crippen LogP contribution is 2.32. The zero-order valence-corrected chi connectivity index (χ0v) is 12.5. The highest BCUT2D eigenvalue weighted by molar-refractivity contribution is 7.18. The quantitative estimate of drug-likeness (QED) is 0.515. The molecule has 2 heterocycles. The highest BCUT2D eigenvalue weighted by atomic mass is 32.1. The van der Waals surface area contributed by atoms with E-state index in [1.165, 1.54) is 30.6 Å². The Morgan fingerprint density at radius 2 is 2.00 bits per heavy atom. The van der Waals surface area contributed by atoms with Gasteiger partial charge in [-0.1, -0.05) is 12.8 Å². The molecule has 1 aliphatic rings. The third-order valence-electron chi connectivity index (χ3n) is 3.69. The van der Waals surface area contributed by atoms with Crippen molar-refractivity contribution in [1.29, 1.82) is 0 Å². The predicted molar refractivity (Wildman–Crippen MR) is 82.1 cm³/mol. The molecule has 0 unspecified atom stereocenters. The van der Waals surface area contributed by atoms with Crippen molar-refractivity contribution in [2.75, 3.05) is 5.43 Å². The Kier molecular flexibility index (Phi) is 4.03. The Morgan fingerprint density at radius 1 is 1.25 bits per heavy atom. The number of ether oxygens (including phenoxy) is 1. The summed E-state index contributed by atoms with van der Waals surface area (Å²) in [6, 6.07) is 2.09. The summed E-state index contributed by atoms with van der Waals surface area (Å²) in [4.78, 5) is 10.9. The first kappa shape index (κ1) is 13.6. The van der Waals surface area contributed by atoms with E-state index in [-0.39, 0.29) is 6.10 Å². The lowest BCUT2D eigenvalue weighted by Gasteiger charge is -2.17. The molecule has 0 spiro atoms. The fourth-order valence-corrected chi connectivity index (χ4v) is 3.56. The molecule has 0 atom stereocenters. The lowest BCUT2D eigenvalue weighted by molar-refractivity contribution is 0.179. The SMILES string of the molecule is Cc1cc2c(OC3CCCCCC3)nc(NN)nc2s1. The Labute approximate surface area is 122 Å². The Hall–Kier alpha value is -1.40. The second kappa shape index (κ2) is 5.93. The second-order valence-corrected chi connectivity index (χ2v) is 6.54. The van der Waals surface area contributed by atoms with Gasteiger partial charge < -0.3 is 4.74 Å². The first-order valence-electron chi connectivity index (χ1n) is 7.18. The first-order valence-corrected chi connectivity index (χ1v) is 7.99. The molecule has 0 amide bonds. The summed E-state index contributed by atoms with van der Waals surface area (Å²) in [6.07, 6.45) is 7.59. The van der Waals surface area contributed by atoms with Crippen molar-refractivity contribution in [3.63, 3.8) is 0 Å². The topological polar surface area (TPSA) is 73.1 Å². The molecular formula is C14H20N4OS. The van der Waals surface area contributed by atoms with Crippen molar-refractivity contribution in [2.24, 2.45) is 5.84 Å². The van der Waals surface area contributed by atoms with E-state index in [0.29, 0.717) is 11.8 Å². The van der Waals surface area contributed by atoms with Gasteiger partial charge in [-0.3, -0.25) is 5.43 Å². The van der Waals surface area contributed by atoms with Crippen LogP contribution in [0.5, 0.6) is 5.88 Å². The van der Waals surface area contributed by atoms with Crippen molar-refractivity contribution >= 4 is 27.5 Å². The molecule has 2 aromatic heterocycles. The lowest BCUT2D eigenvalue weighted by Crippen LogP contribution is -2.17. The summed E-state index contributed by atoms with van der Waals surface area (Å²) >= 11 is 1.64. The van der Waals surface area contributed by atoms with Crippen LogP contribution in [0.1, 0.15) is 43.4 Å². The fraction of sp³-hybridized carbons (Fsp3) is 0.571. The van der Waals surface area contributed by atoms with Gasteiger partial charge in [-0.2, -0.15) is 4.98 Å². The van der Waals surface area contributed by atoms with Crippen LogP contribution in [0.3, 0.4) is 0 Å². The largest absolute Gasteiger partial charge is 0.474 e. The highest BCUT2D eigenvalue weighted by Gasteiger charge is 2.18. The summed E-state index contributed by atoms with van der Waals surface area (Å²) in [5.41, 5.74) is 2.52. The van der Waals surface area contributed by atoms with Crippen LogP contribution >= 0.6 is 11.3 Å². The number of nitrogens with one attached hydrogen (secondary N) is 1. The number of nitrogens with two attached hydrogens (primary N) is 1. The maximum absolute atomic E-state index is 6.16. The average Bonchev–Trinajstić information content (AvgIpc) is 2.65. The molecule has 1 saturated carbocycles. The van der Waals surface area contributed by atoms with Gasteiger partial charge in [0, 0.05) is 4.88 Å². The lowest BCUT2D eigenvalue weighted by atomic mass is 10.1. The summed E-state index contributed by atoms with van der Waals surface area (Å²) < 4.78 is 6.16. The van der Waals surface area contributed by atoms with E-state index in [1.807, 2.05) is 0 Å². The van der Waals surface area contributed by atoms with E-state index in [0.717, 1.165) is 23.1 Å². The van der Waals surface area contributed by atoms with Gasteiger partial charge in [0.1, 0.15) is 10.9 Å². The van der Waals surface area contributed by atoms with Crippen LogP contribution in [-0.2, 0) is 0 Å². The van der Waals surface area contributed by atoms with Crippen LogP contribution in [0.4, 0.5) is 5.95 Å². The molecular weight excluding hydrogens is 272 g/mol. The molecule has 0 aromatic carbocycles. The molecule has 2 aromatic rings. The number of rotatable bonds is 3. The molecule has 0 bridgehead atoms. The monoisotopic (exact) mass is 292 g/mol. The van der Waals surface area contributed by atoms with Gasteiger partial charge in [-0.25, -0.2) is 10.8 Å². The van der Waals surface area contributed by atoms with E-state index in [4.69, 9.17) is 10.6 Å². The van der Waals surface area contributed by atoms with Gasteiger partial charge in [-0.05, 0) is 38.7 Å². The van der Waals surface area contributed by atoms with Crippen LogP contribution in [0.25, 0.3) is 10.2 Å². The first-order chi connectivity index (χ1) is 9.76. The van der Waals surface area contributed by atoms with Crippen LogP contribution in [0.2, 0.25) is 0 Å². The molecule has 3 rings (SSSR count). The molecule has 0 aliphatic heterocycles. The van der Waals surface area contributed by atoms with E-state index < -0.39 is 0 Å². The number of hydrazine groups is 1. The van der Waals surface area contributed by atoms with Crippen LogP contribution in [-0.4, -0.2) is 16.1 Å². The van der Waals surface area contributed by atoms with Crippen molar-refractivity contribution in [3.05, 3.63) is 10.9 Å². The second-order valence-electron chi connectivity index (χ2n) is 5.30. The number of thiophene rings is 1. The summed E-state index contributed by atoms with van der Waals surface area (Å²) in [5.74, 6) is 6.53. The summed E-state index contributed by atoms with van der Waals surface area (Å²) in [6.45, 7) is 2.07. The predicted octanol–water partition coefficient (Wildman–Crippen LogP) is 3.39. The van der Waals surface area contributed by atoms with Crippen LogP contribution < -0.4 is 16.0 Å². The Balaban J connectivity index is 1.92. The minimum atomic E-state index is 0.265. The minimum absolute atomic E-state index is 0.265. The van der Waals surface area contributed by atoms with E-state index in [9.17, 15) is 0 Å². The number of anilines is 1. The van der Waals surface area contributed by atoms with Gasteiger partial charge in [-0.15, -0.1) is 11.3 Å². The number of aryl methyl sites for hydroxylation is 1. The Morgan fingerprint density at radius 3 is 2.70 bits per heavy atom. The average molecular weight is 292 g/mol. The standard InChI is InChI=1S/C14H20N4OS/c1-9-8-11-12(16-14(18-15)17-13(11)20-9)19-10-6-4-2-3-5-7-10/h8,10H,2-7,15H2,1H3,(H,16,17,18). The normalized spacial score (nSPS) is 17.1. The third kappa shape index (κ3) is 2.86. The maximum Gasteiger partial charge on any atom is 0.241 e. The zero-order chi connectivity index (χ0) is 13.9. The third-order valence-corrected chi connectivity index (χ3v) is 4.63. The molecule has 1 aliphatic carbocycles. The van der Waals surface area contributed by atoms with E-state index in [2.05, 4.69) is 28.4 Å². The van der Waals surface area contributed by atoms with Crippen molar-refractivity contribution in [3.8, 4) is 5.88 Å². The number of hydrogen-bond acceptors (Lipinski definition) is 6. The fourth-order valence-electron chi connectivity index (χ4n) is 2.69.